The van der Waals surface area contributed by atoms with Crippen molar-refractivity contribution in [3.63, 3.8) is 0 Å². The van der Waals surface area contributed by atoms with Crippen molar-refractivity contribution in [3.8, 4) is 0 Å². The molecule has 4 nitrogen and oxygen atoms in total. The Bertz CT molecular complexity index is 489. The minimum Gasteiger partial charge on any atom is -0.381 e. The summed E-state index contributed by atoms with van der Waals surface area (Å²) in [6.07, 6.45) is 1.77. The lowest BCUT2D eigenvalue weighted by molar-refractivity contribution is -0.138. The van der Waals surface area contributed by atoms with Crippen LogP contribution in [0.4, 0.5) is 5.69 Å². The number of anilines is 1. The zero-order chi connectivity index (χ0) is 14.7. The Balaban J connectivity index is 1.57. The highest BCUT2D eigenvalue weighted by Crippen LogP contribution is 2.23. The molecule has 1 amide bonds. The number of benzene rings is 1. The third-order valence-electron chi connectivity index (χ3n) is 4.62. The first-order chi connectivity index (χ1) is 10.3. The van der Waals surface area contributed by atoms with Gasteiger partial charge in [0, 0.05) is 51.0 Å². The molecule has 0 atom stereocenters. The molecule has 0 N–H and O–H groups in total. The van der Waals surface area contributed by atoms with Crippen LogP contribution in [0.1, 0.15) is 18.4 Å². The number of aryl methyl sites for hydroxylation is 1. The van der Waals surface area contributed by atoms with E-state index in [2.05, 4.69) is 36.1 Å². The lowest BCUT2D eigenvalue weighted by Gasteiger charge is -2.38. The van der Waals surface area contributed by atoms with Crippen molar-refractivity contribution >= 4 is 11.6 Å². The van der Waals surface area contributed by atoms with E-state index in [1.165, 1.54) is 11.3 Å². The second kappa shape index (κ2) is 6.48. The molecular weight excluding hydrogens is 264 g/mol. The number of carbonyl (C=O) groups is 1. The molecule has 3 rings (SSSR count). The molecule has 2 heterocycles. The molecule has 1 aromatic carbocycles. The highest BCUT2D eigenvalue weighted by Gasteiger charge is 2.28. The monoisotopic (exact) mass is 288 g/mol. The van der Waals surface area contributed by atoms with Crippen molar-refractivity contribution < 1.29 is 9.53 Å². The van der Waals surface area contributed by atoms with Gasteiger partial charge in [-0.2, -0.15) is 0 Å². The Kier molecular flexibility index (Phi) is 4.44. The molecule has 114 valence electrons. The van der Waals surface area contributed by atoms with Gasteiger partial charge in [0.2, 0.25) is 5.91 Å². The van der Waals surface area contributed by atoms with Crippen LogP contribution >= 0.6 is 0 Å². The van der Waals surface area contributed by atoms with E-state index in [-0.39, 0.29) is 5.92 Å². The van der Waals surface area contributed by atoms with Crippen molar-refractivity contribution in [3.05, 3.63) is 29.8 Å². The topological polar surface area (TPSA) is 32.8 Å². The summed E-state index contributed by atoms with van der Waals surface area (Å²) in [7, 11) is 0. The number of nitrogens with zero attached hydrogens (tertiary/aromatic N) is 2. The highest BCUT2D eigenvalue weighted by molar-refractivity contribution is 5.79. The molecule has 0 bridgehead atoms. The van der Waals surface area contributed by atoms with Gasteiger partial charge in [0.1, 0.15) is 0 Å². The van der Waals surface area contributed by atoms with E-state index >= 15 is 0 Å². The molecule has 0 aromatic heterocycles. The van der Waals surface area contributed by atoms with E-state index in [0.29, 0.717) is 5.91 Å². The molecule has 21 heavy (non-hydrogen) atoms. The van der Waals surface area contributed by atoms with E-state index in [9.17, 15) is 4.79 Å². The summed E-state index contributed by atoms with van der Waals surface area (Å²) in [4.78, 5) is 17.0. The minimum atomic E-state index is 0.184. The number of hydrogen-bond donors (Lipinski definition) is 0. The molecule has 0 aliphatic carbocycles. The summed E-state index contributed by atoms with van der Waals surface area (Å²) in [6, 6.07) is 8.48. The quantitative estimate of drug-likeness (QED) is 0.835. The fraction of sp³-hybridized carbons (Fsp3) is 0.588. The highest BCUT2D eigenvalue weighted by atomic mass is 16.5. The summed E-state index contributed by atoms with van der Waals surface area (Å²) in [6.45, 7) is 7.16. The Morgan fingerprint density at radius 3 is 2.43 bits per heavy atom. The Labute approximate surface area is 126 Å². The lowest BCUT2D eigenvalue weighted by atomic mass is 9.98. The van der Waals surface area contributed by atoms with Gasteiger partial charge in [-0.15, -0.1) is 0 Å². The van der Waals surface area contributed by atoms with E-state index in [1.54, 1.807) is 0 Å². The summed E-state index contributed by atoms with van der Waals surface area (Å²) in [5.74, 6) is 0.520. The lowest BCUT2D eigenvalue weighted by Crippen LogP contribution is -2.51. The van der Waals surface area contributed by atoms with Gasteiger partial charge in [-0.3, -0.25) is 4.79 Å². The van der Waals surface area contributed by atoms with Gasteiger partial charge in [-0.1, -0.05) is 18.2 Å². The number of para-hydroxylation sites is 1. The molecule has 0 radical (unpaired) electrons. The summed E-state index contributed by atoms with van der Waals surface area (Å²) in [5.41, 5.74) is 2.61. The van der Waals surface area contributed by atoms with Crippen LogP contribution in [0.5, 0.6) is 0 Å². The van der Waals surface area contributed by atoms with Crippen molar-refractivity contribution in [1.82, 2.24) is 4.90 Å². The number of hydrogen-bond acceptors (Lipinski definition) is 3. The third-order valence-corrected chi connectivity index (χ3v) is 4.62. The van der Waals surface area contributed by atoms with Crippen LogP contribution in [-0.2, 0) is 9.53 Å². The number of ether oxygens (including phenoxy) is 1. The fourth-order valence-electron chi connectivity index (χ4n) is 3.29. The van der Waals surface area contributed by atoms with Crippen molar-refractivity contribution in [2.24, 2.45) is 5.92 Å². The molecule has 0 spiro atoms. The zero-order valence-electron chi connectivity index (χ0n) is 12.8. The summed E-state index contributed by atoms with van der Waals surface area (Å²) in [5, 5.41) is 0. The van der Waals surface area contributed by atoms with Crippen molar-refractivity contribution in [1.29, 1.82) is 0 Å². The summed E-state index contributed by atoms with van der Waals surface area (Å²) >= 11 is 0. The molecule has 0 saturated carbocycles. The van der Waals surface area contributed by atoms with Crippen LogP contribution < -0.4 is 4.90 Å². The smallest absolute Gasteiger partial charge is 0.225 e. The average molecular weight is 288 g/mol. The van der Waals surface area contributed by atoms with Gasteiger partial charge in [-0.05, 0) is 31.4 Å². The van der Waals surface area contributed by atoms with Gasteiger partial charge < -0.3 is 14.5 Å². The molecule has 0 unspecified atom stereocenters. The summed E-state index contributed by atoms with van der Waals surface area (Å²) < 4.78 is 5.35. The maximum Gasteiger partial charge on any atom is 0.225 e. The molecule has 2 fully saturated rings. The van der Waals surface area contributed by atoms with Gasteiger partial charge >= 0.3 is 0 Å². The predicted octanol–water partition coefficient (Wildman–Crippen LogP) is 2.07. The Hall–Kier alpha value is -1.55. The molecule has 2 aliphatic heterocycles. The number of piperazine rings is 1. The van der Waals surface area contributed by atoms with Gasteiger partial charge in [0.25, 0.3) is 0 Å². The van der Waals surface area contributed by atoms with Gasteiger partial charge in [-0.25, -0.2) is 0 Å². The van der Waals surface area contributed by atoms with Gasteiger partial charge in [0.15, 0.2) is 0 Å². The van der Waals surface area contributed by atoms with Crippen LogP contribution in [0.15, 0.2) is 24.3 Å². The van der Waals surface area contributed by atoms with Crippen LogP contribution in [0, 0.1) is 12.8 Å². The average Bonchev–Trinajstić information content (AvgIpc) is 2.56. The molecule has 2 aliphatic rings. The second-order valence-electron chi connectivity index (χ2n) is 5.99. The Morgan fingerprint density at radius 2 is 1.76 bits per heavy atom. The first-order valence-electron chi connectivity index (χ1n) is 7.93. The molecular formula is C17H24N2O2. The fourth-order valence-corrected chi connectivity index (χ4v) is 3.29. The van der Waals surface area contributed by atoms with Gasteiger partial charge in [0.05, 0.1) is 0 Å². The number of carbonyl (C=O) groups excluding carboxylic acids is 1. The largest absolute Gasteiger partial charge is 0.381 e. The van der Waals surface area contributed by atoms with Crippen LogP contribution in [-0.4, -0.2) is 50.2 Å². The normalized spacial score (nSPS) is 20.6. The number of amides is 1. The number of rotatable bonds is 2. The third kappa shape index (κ3) is 3.21. The molecule has 2 saturated heterocycles. The van der Waals surface area contributed by atoms with Crippen molar-refractivity contribution in [2.75, 3.05) is 44.3 Å². The molecule has 1 aromatic rings. The molecule has 4 heteroatoms. The second-order valence-corrected chi connectivity index (χ2v) is 5.99. The van der Waals surface area contributed by atoms with E-state index < -0.39 is 0 Å². The van der Waals surface area contributed by atoms with Crippen molar-refractivity contribution in [2.45, 2.75) is 19.8 Å². The Morgan fingerprint density at radius 1 is 1.10 bits per heavy atom. The van der Waals surface area contributed by atoms with Crippen LogP contribution in [0.3, 0.4) is 0 Å². The minimum absolute atomic E-state index is 0.184. The van der Waals surface area contributed by atoms with Crippen LogP contribution in [0.25, 0.3) is 0 Å². The zero-order valence-corrected chi connectivity index (χ0v) is 12.8. The first-order valence-corrected chi connectivity index (χ1v) is 7.93. The standard InChI is InChI=1S/C17H24N2O2/c1-14-4-2-3-5-16(14)18-8-10-19(11-9-18)17(20)15-6-12-21-13-7-15/h2-5,15H,6-13H2,1H3. The van der Waals surface area contributed by atoms with E-state index in [4.69, 9.17) is 4.74 Å². The first kappa shape index (κ1) is 14.4. The SMILES string of the molecule is Cc1ccccc1N1CCN(C(=O)C2CCOCC2)CC1. The predicted molar refractivity (Wildman–Crippen MR) is 83.5 cm³/mol. The maximum absolute atomic E-state index is 12.5. The van der Waals surface area contributed by atoms with E-state index in [0.717, 1.165) is 52.2 Å². The van der Waals surface area contributed by atoms with E-state index in [1.807, 2.05) is 4.90 Å². The maximum atomic E-state index is 12.5. The van der Waals surface area contributed by atoms with Crippen LogP contribution in [0.2, 0.25) is 0 Å².